The first kappa shape index (κ1) is 34.9. The molecule has 3 rings (SSSR count). The lowest BCUT2D eigenvalue weighted by atomic mass is 10.0. The van der Waals surface area contributed by atoms with Gasteiger partial charge in [0.25, 0.3) is 0 Å². The number of nitrogens with one attached hydrogen (secondary N) is 4. The summed E-state index contributed by atoms with van der Waals surface area (Å²) in [6.07, 6.45) is -0.835. The molecule has 0 saturated carbocycles. The number of nitrogen functional groups attached to an aromatic ring is 1. The maximum absolute atomic E-state index is 13.9. The van der Waals surface area contributed by atoms with Gasteiger partial charge in [-0.1, -0.05) is 36.4 Å². The largest absolute Gasteiger partial charge is 0.493 e. The van der Waals surface area contributed by atoms with Crippen molar-refractivity contribution in [3.8, 4) is 11.5 Å². The smallest absolute Gasteiger partial charge is 0.407 e. The van der Waals surface area contributed by atoms with Crippen molar-refractivity contribution in [2.24, 2.45) is 5.73 Å². The fraction of sp³-hybridized carbons (Fsp3) is 0.303. The van der Waals surface area contributed by atoms with Crippen molar-refractivity contribution in [2.75, 3.05) is 19.0 Å². The lowest BCUT2D eigenvalue weighted by molar-refractivity contribution is -0.160. The number of nitrogens with two attached hydrogens (primary N) is 1. The summed E-state index contributed by atoms with van der Waals surface area (Å²) < 4.78 is 21.5. The molecule has 6 N–H and O–H groups in total. The Bertz CT molecular complexity index is 1540. The minimum Gasteiger partial charge on any atom is -0.493 e. The molecule has 0 aliphatic rings. The molecule has 46 heavy (non-hydrogen) atoms. The Balaban J connectivity index is 1.92. The van der Waals surface area contributed by atoms with Crippen molar-refractivity contribution in [2.45, 2.75) is 52.0 Å². The topological polar surface area (TPSA) is 191 Å². The molecule has 0 spiro atoms. The van der Waals surface area contributed by atoms with Gasteiger partial charge < -0.3 is 40.6 Å². The lowest BCUT2D eigenvalue weighted by Gasteiger charge is -2.25. The van der Waals surface area contributed by atoms with Crippen LogP contribution in [0.2, 0.25) is 0 Å². The third-order valence-electron chi connectivity index (χ3n) is 6.22. The van der Waals surface area contributed by atoms with E-state index in [9.17, 15) is 19.2 Å². The van der Waals surface area contributed by atoms with Crippen molar-refractivity contribution < 1.29 is 38.1 Å². The summed E-state index contributed by atoms with van der Waals surface area (Å²) in [4.78, 5) is 50.5. The minimum atomic E-state index is -1.45. The van der Waals surface area contributed by atoms with E-state index in [1.807, 2.05) is 30.3 Å². The first-order valence-corrected chi connectivity index (χ1v) is 14.3. The third kappa shape index (κ3) is 10.8. The van der Waals surface area contributed by atoms with Gasteiger partial charge in [-0.3, -0.25) is 15.0 Å². The molecular weight excluding hydrogens is 594 g/mol. The molecular formula is C33H39N5O8. The number of rotatable bonds is 13. The molecule has 0 aliphatic carbocycles. The molecule has 0 saturated heterocycles. The first-order chi connectivity index (χ1) is 21.8. The Morgan fingerprint density at radius 1 is 0.935 bits per heavy atom. The number of alkyl carbamates (subject to hydrolysis) is 1. The third-order valence-corrected chi connectivity index (χ3v) is 6.22. The molecule has 2 atom stereocenters. The van der Waals surface area contributed by atoms with Crippen LogP contribution < -0.4 is 31.2 Å². The molecule has 2 amide bonds. The zero-order valence-electron chi connectivity index (χ0n) is 26.3. The highest BCUT2D eigenvalue weighted by Crippen LogP contribution is 2.32. The van der Waals surface area contributed by atoms with Crippen LogP contribution in [0, 0.1) is 5.41 Å². The van der Waals surface area contributed by atoms with Crippen molar-refractivity contribution >= 4 is 35.5 Å². The predicted octanol–water partition coefficient (Wildman–Crippen LogP) is 3.81. The second kappa shape index (κ2) is 15.9. The van der Waals surface area contributed by atoms with Crippen molar-refractivity contribution in [3.05, 3.63) is 89.5 Å². The first-order valence-electron chi connectivity index (χ1n) is 14.3. The Labute approximate surface area is 267 Å². The van der Waals surface area contributed by atoms with Crippen molar-refractivity contribution in [3.63, 3.8) is 0 Å². The van der Waals surface area contributed by atoms with Crippen LogP contribution in [-0.4, -0.2) is 55.1 Å². The van der Waals surface area contributed by atoms with E-state index in [0.29, 0.717) is 28.3 Å². The van der Waals surface area contributed by atoms with Gasteiger partial charge >= 0.3 is 18.0 Å². The number of anilines is 1. The summed E-state index contributed by atoms with van der Waals surface area (Å²) in [6.45, 7) is 5.90. The number of amides is 2. The molecule has 3 aromatic rings. The van der Waals surface area contributed by atoms with Gasteiger partial charge in [0.05, 0.1) is 13.7 Å². The average molecular weight is 634 g/mol. The van der Waals surface area contributed by atoms with Crippen molar-refractivity contribution in [1.82, 2.24) is 10.6 Å². The van der Waals surface area contributed by atoms with Crippen LogP contribution in [0.4, 0.5) is 10.5 Å². The Morgan fingerprint density at radius 2 is 1.61 bits per heavy atom. The highest BCUT2D eigenvalue weighted by molar-refractivity contribution is 5.96. The second-order valence-corrected chi connectivity index (χ2v) is 11.1. The van der Waals surface area contributed by atoms with Crippen LogP contribution >= 0.6 is 0 Å². The van der Waals surface area contributed by atoms with Gasteiger partial charge in [0.1, 0.15) is 30.1 Å². The molecule has 0 radical (unpaired) electrons. The van der Waals surface area contributed by atoms with E-state index >= 15 is 0 Å². The molecule has 3 aromatic carbocycles. The molecule has 0 unspecified atom stereocenters. The molecule has 0 fully saturated rings. The van der Waals surface area contributed by atoms with Crippen LogP contribution in [0.25, 0.3) is 0 Å². The maximum atomic E-state index is 13.9. The summed E-state index contributed by atoms with van der Waals surface area (Å²) in [5, 5.41) is 15.8. The molecule has 0 aliphatic heterocycles. The monoisotopic (exact) mass is 633 g/mol. The molecule has 13 nitrogen and oxygen atoms in total. The zero-order valence-corrected chi connectivity index (χ0v) is 26.3. The quantitative estimate of drug-likeness (QED) is 0.0800. The fourth-order valence-corrected chi connectivity index (χ4v) is 4.09. The average Bonchev–Trinajstić information content (AvgIpc) is 3.00. The highest BCUT2D eigenvalue weighted by atomic mass is 16.6. The number of benzene rings is 3. The van der Waals surface area contributed by atoms with E-state index in [0.717, 1.165) is 12.5 Å². The number of carbonyl (C=O) groups excluding carboxylic acids is 4. The molecule has 0 bridgehead atoms. The van der Waals surface area contributed by atoms with Crippen LogP contribution in [0.15, 0.2) is 72.8 Å². The van der Waals surface area contributed by atoms with Crippen LogP contribution in [0.3, 0.4) is 0 Å². The van der Waals surface area contributed by atoms with Crippen molar-refractivity contribution in [1.29, 1.82) is 5.41 Å². The van der Waals surface area contributed by atoms with Gasteiger partial charge in [-0.15, -0.1) is 0 Å². The Kier molecular flexibility index (Phi) is 12.1. The van der Waals surface area contributed by atoms with E-state index in [-0.39, 0.29) is 12.4 Å². The number of carbonyl (C=O) groups is 4. The summed E-state index contributed by atoms with van der Waals surface area (Å²) in [5.41, 5.74) is 7.11. The molecule has 0 aromatic heterocycles. The number of ether oxygens (including phenoxy) is 4. The number of hydrogen-bond donors (Lipinski definition) is 5. The summed E-state index contributed by atoms with van der Waals surface area (Å²) in [5.74, 6) is -2.02. The Morgan fingerprint density at radius 3 is 2.20 bits per heavy atom. The molecule has 13 heteroatoms. The summed E-state index contributed by atoms with van der Waals surface area (Å²) in [6, 6.07) is 18.4. The summed E-state index contributed by atoms with van der Waals surface area (Å²) >= 11 is 0. The SMILES string of the molecule is COc1cc([C@H](Nc2ccc(C(=N)N)cc2)C(=O)N[C@@H](CNC(=O)OC(C)(C)C)C(=O)OC(C)=O)ccc1OCc1ccccc1. The maximum Gasteiger partial charge on any atom is 0.407 e. The Hall–Kier alpha value is -5.59. The van der Waals surface area contributed by atoms with Gasteiger partial charge in [-0.05, 0) is 68.3 Å². The highest BCUT2D eigenvalue weighted by Gasteiger charge is 2.30. The number of hydrogen-bond acceptors (Lipinski definition) is 10. The molecule has 0 heterocycles. The standard InChI is InChI=1S/C33H39N5O8/c1-20(39)45-31(41)25(18-36-32(42)46-33(2,3)4)38-30(40)28(37-24-14-11-22(12-15-24)29(34)35)23-13-16-26(27(17-23)43-5)44-19-21-9-7-6-8-10-21/h6-17,25,28,37H,18-19H2,1-5H3,(H3,34,35)(H,36,42)(H,38,40)/t25-,28-/m0/s1. The van der Waals surface area contributed by atoms with E-state index in [1.54, 1.807) is 63.2 Å². The van der Waals surface area contributed by atoms with Gasteiger partial charge in [0.2, 0.25) is 5.91 Å². The van der Waals surface area contributed by atoms with Crippen LogP contribution in [0.1, 0.15) is 50.4 Å². The number of methoxy groups -OCH3 is 1. The lowest BCUT2D eigenvalue weighted by Crippen LogP contribution is -2.51. The van der Waals surface area contributed by atoms with Gasteiger partial charge in [-0.2, -0.15) is 0 Å². The fourth-order valence-electron chi connectivity index (χ4n) is 4.09. The van der Waals surface area contributed by atoms with Gasteiger partial charge in [-0.25, -0.2) is 9.59 Å². The van der Waals surface area contributed by atoms with E-state index in [1.165, 1.54) is 7.11 Å². The second-order valence-electron chi connectivity index (χ2n) is 11.1. The summed E-state index contributed by atoms with van der Waals surface area (Å²) in [7, 11) is 1.47. The van der Waals surface area contributed by atoms with Crippen LogP contribution in [0.5, 0.6) is 11.5 Å². The normalized spacial score (nSPS) is 12.1. The number of amidine groups is 1. The molecule has 244 valence electrons. The van der Waals surface area contributed by atoms with E-state index in [2.05, 4.69) is 16.0 Å². The minimum absolute atomic E-state index is 0.124. The predicted molar refractivity (Wildman–Crippen MR) is 171 cm³/mol. The van der Waals surface area contributed by atoms with Crippen LogP contribution in [-0.2, 0) is 30.5 Å². The van der Waals surface area contributed by atoms with Gasteiger partial charge in [0.15, 0.2) is 11.5 Å². The van der Waals surface area contributed by atoms with Gasteiger partial charge in [0, 0.05) is 18.2 Å². The van der Waals surface area contributed by atoms with E-state index < -0.39 is 48.2 Å². The number of esters is 2. The zero-order chi connectivity index (χ0) is 33.9. The van der Waals surface area contributed by atoms with E-state index in [4.69, 9.17) is 30.1 Å².